The maximum Gasteiger partial charge on any atom is 0.267 e. The molecule has 0 fully saturated rings. The van der Waals surface area contributed by atoms with Crippen LogP contribution >= 0.6 is 15.9 Å². The second-order valence-corrected chi connectivity index (χ2v) is 8.03. The average molecular weight is 463 g/mol. The second-order valence-electron chi connectivity index (χ2n) is 7.12. The van der Waals surface area contributed by atoms with Crippen LogP contribution in [-0.2, 0) is 0 Å². The molecule has 0 unspecified atom stereocenters. The molecule has 0 saturated carbocycles. The zero-order valence-corrected chi connectivity index (χ0v) is 17.9. The molecule has 1 aromatic carbocycles. The molecule has 4 heterocycles. The number of rotatable bonds is 2. The number of pyridine rings is 1. The summed E-state index contributed by atoms with van der Waals surface area (Å²) in [6, 6.07) is 8.87. The van der Waals surface area contributed by atoms with E-state index in [-0.39, 0.29) is 5.56 Å². The van der Waals surface area contributed by atoms with Crippen molar-refractivity contribution in [3.05, 3.63) is 69.2 Å². The minimum atomic E-state index is -0.401. The summed E-state index contributed by atoms with van der Waals surface area (Å²) in [5.41, 5.74) is 3.69. The summed E-state index contributed by atoms with van der Waals surface area (Å²) in [5, 5.41) is 5.06. The molecule has 5 rings (SSSR count). The first-order chi connectivity index (χ1) is 14.3. The molecule has 0 N–H and O–H groups in total. The van der Waals surface area contributed by atoms with Gasteiger partial charge in [0, 0.05) is 22.1 Å². The first-order valence-corrected chi connectivity index (χ1v) is 10.00. The third kappa shape index (κ3) is 2.66. The summed E-state index contributed by atoms with van der Waals surface area (Å²) in [7, 11) is 0. The minimum absolute atomic E-state index is 0.263. The monoisotopic (exact) mass is 462 g/mol. The summed E-state index contributed by atoms with van der Waals surface area (Å²) in [4.78, 5) is 40.8. The average Bonchev–Trinajstić information content (AvgIpc) is 3.16. The lowest BCUT2D eigenvalue weighted by Gasteiger charge is -2.13. The van der Waals surface area contributed by atoms with Crippen molar-refractivity contribution >= 4 is 44.5 Å². The summed E-state index contributed by atoms with van der Waals surface area (Å²) < 4.78 is 2.38. The number of amides is 2. The van der Waals surface area contributed by atoms with E-state index in [0.717, 1.165) is 15.9 Å². The van der Waals surface area contributed by atoms with Crippen molar-refractivity contribution in [3.63, 3.8) is 0 Å². The van der Waals surface area contributed by atoms with Crippen LogP contribution in [0.4, 0.5) is 5.69 Å². The molecule has 148 valence electrons. The molecule has 3 aromatic heterocycles. The quantitative estimate of drug-likeness (QED) is 0.421. The number of anilines is 1. The summed E-state index contributed by atoms with van der Waals surface area (Å²) in [5.74, 6) is -0.421. The fourth-order valence-electron chi connectivity index (χ4n) is 3.73. The standard InChI is InChI=1S/C21H15BrN6O2/c1-10-8-11(2)25-21(24-10)28-18-16(12(3)26-28)17-15(9-23-18)19(29)27(20(17)30)14-6-4-13(22)5-7-14/h4-9H,1-3H3. The number of fused-ring (bicyclic) bond motifs is 3. The first-order valence-electron chi connectivity index (χ1n) is 9.20. The van der Waals surface area contributed by atoms with E-state index in [4.69, 9.17) is 0 Å². The number of halogens is 1. The number of hydrogen-bond acceptors (Lipinski definition) is 6. The van der Waals surface area contributed by atoms with Gasteiger partial charge in [0.05, 0.1) is 27.9 Å². The zero-order valence-electron chi connectivity index (χ0n) is 16.3. The molecule has 0 saturated heterocycles. The molecular weight excluding hydrogens is 448 g/mol. The summed E-state index contributed by atoms with van der Waals surface area (Å²) in [6.07, 6.45) is 1.43. The number of carbonyl (C=O) groups is 2. The Kier molecular flexibility index (Phi) is 4.04. The molecule has 30 heavy (non-hydrogen) atoms. The molecule has 0 radical (unpaired) electrons. The van der Waals surface area contributed by atoms with Crippen molar-refractivity contribution in [1.82, 2.24) is 24.7 Å². The van der Waals surface area contributed by atoms with Crippen LogP contribution in [0.1, 0.15) is 37.8 Å². The molecule has 9 heteroatoms. The highest BCUT2D eigenvalue weighted by Crippen LogP contribution is 2.34. The van der Waals surface area contributed by atoms with Crippen molar-refractivity contribution in [2.24, 2.45) is 0 Å². The smallest absolute Gasteiger partial charge is 0.267 e. The lowest BCUT2D eigenvalue weighted by atomic mass is 10.1. The number of hydrogen-bond donors (Lipinski definition) is 0. The predicted molar refractivity (Wildman–Crippen MR) is 114 cm³/mol. The first kappa shape index (κ1) is 18.6. The SMILES string of the molecule is Cc1cc(C)nc(-n2nc(C)c3c4c(cnc32)C(=O)N(c2ccc(Br)cc2)C4=O)n1. The van der Waals surface area contributed by atoms with Gasteiger partial charge in [-0.05, 0) is 51.1 Å². The third-order valence-corrected chi connectivity index (χ3v) is 5.50. The number of carbonyl (C=O) groups excluding carboxylic acids is 2. The van der Waals surface area contributed by atoms with Crippen LogP contribution < -0.4 is 4.90 Å². The van der Waals surface area contributed by atoms with Gasteiger partial charge in [-0.2, -0.15) is 9.78 Å². The maximum atomic E-state index is 13.3. The van der Waals surface area contributed by atoms with Crippen LogP contribution in [0.15, 0.2) is 41.0 Å². The van der Waals surface area contributed by atoms with E-state index in [1.165, 1.54) is 15.8 Å². The fraction of sp³-hybridized carbons (Fsp3) is 0.143. The molecule has 0 bridgehead atoms. The highest BCUT2D eigenvalue weighted by atomic mass is 79.9. The Hall–Kier alpha value is -3.46. The topological polar surface area (TPSA) is 93.9 Å². The van der Waals surface area contributed by atoms with Crippen LogP contribution in [0.25, 0.3) is 17.0 Å². The molecule has 1 aliphatic rings. The molecule has 2 amide bonds. The molecule has 0 aliphatic carbocycles. The minimum Gasteiger partial charge on any atom is -0.268 e. The van der Waals surface area contributed by atoms with Gasteiger partial charge in [-0.15, -0.1) is 0 Å². The van der Waals surface area contributed by atoms with Gasteiger partial charge < -0.3 is 0 Å². The van der Waals surface area contributed by atoms with Crippen molar-refractivity contribution in [2.45, 2.75) is 20.8 Å². The van der Waals surface area contributed by atoms with E-state index in [2.05, 4.69) is 36.0 Å². The summed E-state index contributed by atoms with van der Waals surface area (Å²) in [6.45, 7) is 5.53. The molecule has 4 aromatic rings. The van der Waals surface area contributed by atoms with E-state index >= 15 is 0 Å². The van der Waals surface area contributed by atoms with E-state index in [9.17, 15) is 9.59 Å². The maximum absolute atomic E-state index is 13.3. The lowest BCUT2D eigenvalue weighted by molar-refractivity contribution is 0.0926. The van der Waals surface area contributed by atoms with E-state index in [1.54, 1.807) is 31.2 Å². The van der Waals surface area contributed by atoms with Gasteiger partial charge in [0.2, 0.25) is 0 Å². The number of nitrogens with zero attached hydrogens (tertiary/aromatic N) is 6. The van der Waals surface area contributed by atoms with Crippen LogP contribution in [-0.4, -0.2) is 36.5 Å². The normalized spacial score (nSPS) is 13.4. The van der Waals surface area contributed by atoms with E-state index < -0.39 is 11.8 Å². The highest BCUT2D eigenvalue weighted by Gasteiger charge is 2.40. The number of benzene rings is 1. The zero-order chi connectivity index (χ0) is 21.2. The highest BCUT2D eigenvalue weighted by molar-refractivity contribution is 9.10. The molecular formula is C21H15BrN6O2. The third-order valence-electron chi connectivity index (χ3n) is 4.97. The van der Waals surface area contributed by atoms with Crippen LogP contribution in [0.3, 0.4) is 0 Å². The van der Waals surface area contributed by atoms with Crippen molar-refractivity contribution in [1.29, 1.82) is 0 Å². The van der Waals surface area contributed by atoms with Crippen molar-refractivity contribution in [3.8, 4) is 5.95 Å². The molecule has 0 atom stereocenters. The van der Waals surface area contributed by atoms with E-state index in [1.807, 2.05) is 19.9 Å². The number of imide groups is 1. The Morgan fingerprint density at radius 2 is 1.60 bits per heavy atom. The largest absolute Gasteiger partial charge is 0.268 e. The van der Waals surface area contributed by atoms with E-state index in [0.29, 0.717) is 33.9 Å². The predicted octanol–water partition coefficient (Wildman–Crippen LogP) is 3.70. The van der Waals surface area contributed by atoms with Gasteiger partial charge in [0.1, 0.15) is 0 Å². The van der Waals surface area contributed by atoms with Gasteiger partial charge in [0.25, 0.3) is 17.8 Å². The van der Waals surface area contributed by atoms with Gasteiger partial charge >= 0.3 is 0 Å². The van der Waals surface area contributed by atoms with Crippen LogP contribution in [0.5, 0.6) is 0 Å². The van der Waals surface area contributed by atoms with Crippen LogP contribution in [0, 0.1) is 20.8 Å². The Morgan fingerprint density at radius 3 is 2.27 bits per heavy atom. The Morgan fingerprint density at radius 1 is 0.933 bits per heavy atom. The molecule has 1 aliphatic heterocycles. The van der Waals surface area contributed by atoms with Gasteiger partial charge in [-0.3, -0.25) is 9.59 Å². The van der Waals surface area contributed by atoms with Crippen molar-refractivity contribution in [2.75, 3.05) is 4.90 Å². The van der Waals surface area contributed by atoms with Gasteiger partial charge in [-0.25, -0.2) is 19.9 Å². The molecule has 8 nitrogen and oxygen atoms in total. The fourth-order valence-corrected chi connectivity index (χ4v) is 3.99. The second kappa shape index (κ2) is 6.53. The number of aryl methyl sites for hydroxylation is 3. The lowest BCUT2D eigenvalue weighted by Crippen LogP contribution is -2.29. The molecule has 0 spiro atoms. The van der Waals surface area contributed by atoms with Gasteiger partial charge in [0.15, 0.2) is 5.65 Å². The Labute approximate surface area is 179 Å². The number of aromatic nitrogens is 5. The van der Waals surface area contributed by atoms with Crippen LogP contribution in [0.2, 0.25) is 0 Å². The van der Waals surface area contributed by atoms with Gasteiger partial charge in [-0.1, -0.05) is 15.9 Å². The van der Waals surface area contributed by atoms with Crippen molar-refractivity contribution < 1.29 is 9.59 Å². The summed E-state index contributed by atoms with van der Waals surface area (Å²) >= 11 is 3.37. The Bertz CT molecular complexity index is 1360. The Balaban J connectivity index is 1.72.